The second-order valence-electron chi connectivity index (χ2n) is 4.96. The summed E-state index contributed by atoms with van der Waals surface area (Å²) in [5.41, 5.74) is 0.689. The van der Waals surface area contributed by atoms with Gasteiger partial charge in [-0.05, 0) is 38.4 Å². The van der Waals surface area contributed by atoms with Crippen LogP contribution in [0.4, 0.5) is 15.3 Å². The zero-order valence-electron chi connectivity index (χ0n) is 12.7. The van der Waals surface area contributed by atoms with Gasteiger partial charge in [0.15, 0.2) is 0 Å². The number of rotatable bonds is 7. The van der Waals surface area contributed by atoms with Crippen LogP contribution < -0.4 is 10.6 Å². The smallest absolute Gasteiger partial charge is 0.404 e. The zero-order valence-corrected chi connectivity index (χ0v) is 14.3. The molecule has 3 amide bonds. The number of hydrogen-bond donors (Lipinski definition) is 3. The van der Waals surface area contributed by atoms with E-state index in [-0.39, 0.29) is 12.6 Å². The number of carbonyl (C=O) groups is 2. The summed E-state index contributed by atoms with van der Waals surface area (Å²) in [6.07, 6.45) is -1.10. The summed E-state index contributed by atoms with van der Waals surface area (Å²) in [6.45, 7) is 1.70. The average Bonchev–Trinajstić information content (AvgIpc) is 2.44. The van der Waals surface area contributed by atoms with E-state index in [0.29, 0.717) is 25.3 Å². The molecule has 0 spiro atoms. The maximum Gasteiger partial charge on any atom is 0.404 e. The summed E-state index contributed by atoms with van der Waals surface area (Å²) in [5, 5.41) is 13.7. The van der Waals surface area contributed by atoms with Crippen LogP contribution in [0.2, 0.25) is 0 Å². The molecule has 0 atom stereocenters. The minimum absolute atomic E-state index is 0.191. The Morgan fingerprint density at radius 2 is 1.77 bits per heavy atom. The van der Waals surface area contributed by atoms with E-state index in [4.69, 9.17) is 5.11 Å². The Labute approximate surface area is 138 Å². The number of urea groups is 1. The second kappa shape index (κ2) is 9.26. The Balaban J connectivity index is 2.60. The highest BCUT2D eigenvalue weighted by Gasteiger charge is 2.14. The summed E-state index contributed by atoms with van der Waals surface area (Å²) in [7, 11) is 3.83. The zero-order chi connectivity index (χ0) is 16.5. The lowest BCUT2D eigenvalue weighted by molar-refractivity contribution is 0.187. The fraction of sp³-hybridized carbons (Fsp3) is 0.429. The van der Waals surface area contributed by atoms with Crippen molar-refractivity contribution in [3.63, 3.8) is 0 Å². The third kappa shape index (κ3) is 7.28. The maximum atomic E-state index is 12.3. The van der Waals surface area contributed by atoms with Gasteiger partial charge in [0.05, 0.1) is 0 Å². The molecule has 0 saturated heterocycles. The van der Waals surface area contributed by atoms with E-state index in [1.165, 1.54) is 0 Å². The monoisotopic (exact) mass is 372 g/mol. The minimum atomic E-state index is -1.10. The van der Waals surface area contributed by atoms with Crippen LogP contribution in [0.15, 0.2) is 28.7 Å². The Bertz CT molecular complexity index is 493. The maximum absolute atomic E-state index is 12.3. The van der Waals surface area contributed by atoms with Gasteiger partial charge in [0.2, 0.25) is 0 Å². The summed E-state index contributed by atoms with van der Waals surface area (Å²) < 4.78 is 0.931. The molecule has 0 aliphatic carbocycles. The number of benzene rings is 1. The predicted octanol–water partition coefficient (Wildman–Crippen LogP) is 2.11. The first-order chi connectivity index (χ1) is 10.4. The van der Waals surface area contributed by atoms with Crippen LogP contribution in [-0.4, -0.2) is 67.3 Å². The molecule has 1 rings (SSSR count). The van der Waals surface area contributed by atoms with Gasteiger partial charge in [0.25, 0.3) is 0 Å². The molecular weight excluding hydrogens is 352 g/mol. The van der Waals surface area contributed by atoms with Crippen molar-refractivity contribution in [1.82, 2.24) is 15.1 Å². The van der Waals surface area contributed by atoms with Crippen LogP contribution in [-0.2, 0) is 0 Å². The molecule has 1 aromatic rings. The SMILES string of the molecule is CN(C)CCN(CCNC(=O)O)C(=O)Nc1ccc(Br)cc1. The molecule has 8 heteroatoms. The number of anilines is 1. The highest BCUT2D eigenvalue weighted by molar-refractivity contribution is 9.10. The summed E-state index contributed by atoms with van der Waals surface area (Å²) in [6, 6.07) is 7.01. The number of hydrogen-bond acceptors (Lipinski definition) is 3. The predicted molar refractivity (Wildman–Crippen MR) is 89.3 cm³/mol. The molecule has 0 bridgehead atoms. The number of nitrogens with zero attached hydrogens (tertiary/aromatic N) is 2. The Kier molecular flexibility index (Phi) is 7.69. The van der Waals surface area contributed by atoms with Gasteiger partial charge in [0.1, 0.15) is 0 Å². The van der Waals surface area contributed by atoms with Crippen molar-refractivity contribution in [3.8, 4) is 0 Å². The van der Waals surface area contributed by atoms with Gasteiger partial charge in [-0.15, -0.1) is 0 Å². The minimum Gasteiger partial charge on any atom is -0.465 e. The van der Waals surface area contributed by atoms with Crippen molar-refractivity contribution >= 4 is 33.7 Å². The lowest BCUT2D eigenvalue weighted by atomic mass is 10.3. The molecule has 0 saturated carbocycles. The fourth-order valence-corrected chi connectivity index (χ4v) is 1.93. The molecule has 0 heterocycles. The van der Waals surface area contributed by atoms with Gasteiger partial charge in [-0.3, -0.25) is 0 Å². The number of nitrogens with one attached hydrogen (secondary N) is 2. The third-order valence-electron chi connectivity index (χ3n) is 2.86. The van der Waals surface area contributed by atoms with Crippen molar-refractivity contribution in [2.45, 2.75) is 0 Å². The van der Waals surface area contributed by atoms with E-state index in [1.54, 1.807) is 17.0 Å². The first-order valence-corrected chi connectivity index (χ1v) is 7.61. The van der Waals surface area contributed by atoms with E-state index < -0.39 is 6.09 Å². The molecule has 0 aliphatic heterocycles. The van der Waals surface area contributed by atoms with E-state index >= 15 is 0 Å². The third-order valence-corrected chi connectivity index (χ3v) is 3.39. The van der Waals surface area contributed by atoms with Gasteiger partial charge in [-0.1, -0.05) is 15.9 Å². The molecular formula is C14H21BrN4O3. The Hall–Kier alpha value is -1.80. The normalized spacial score (nSPS) is 10.4. The van der Waals surface area contributed by atoms with Crippen LogP contribution in [0.3, 0.4) is 0 Å². The number of halogens is 1. The fourth-order valence-electron chi connectivity index (χ4n) is 1.67. The van der Waals surface area contributed by atoms with Crippen molar-refractivity contribution in [1.29, 1.82) is 0 Å². The van der Waals surface area contributed by atoms with Crippen LogP contribution >= 0.6 is 15.9 Å². The van der Waals surface area contributed by atoms with Crippen molar-refractivity contribution in [3.05, 3.63) is 28.7 Å². The summed E-state index contributed by atoms with van der Waals surface area (Å²) >= 11 is 3.34. The first-order valence-electron chi connectivity index (χ1n) is 6.81. The average molecular weight is 373 g/mol. The largest absolute Gasteiger partial charge is 0.465 e. The number of likely N-dealkylation sites (N-methyl/N-ethyl adjacent to an activating group) is 1. The van der Waals surface area contributed by atoms with E-state index in [1.807, 2.05) is 31.1 Å². The molecule has 1 aromatic carbocycles. The first kappa shape index (κ1) is 18.2. The van der Waals surface area contributed by atoms with Crippen molar-refractivity contribution < 1.29 is 14.7 Å². The van der Waals surface area contributed by atoms with E-state index in [9.17, 15) is 9.59 Å². The van der Waals surface area contributed by atoms with Crippen molar-refractivity contribution in [2.75, 3.05) is 45.6 Å². The topological polar surface area (TPSA) is 84.9 Å². The summed E-state index contributed by atoms with van der Waals surface area (Å²) in [4.78, 5) is 26.3. The van der Waals surface area contributed by atoms with Gasteiger partial charge >= 0.3 is 12.1 Å². The summed E-state index contributed by atoms with van der Waals surface area (Å²) in [5.74, 6) is 0. The number of carboxylic acid groups (broad SMARTS) is 1. The Morgan fingerprint density at radius 1 is 1.14 bits per heavy atom. The van der Waals surface area contributed by atoms with Crippen molar-refractivity contribution in [2.24, 2.45) is 0 Å². The van der Waals surface area contributed by atoms with Crippen LogP contribution in [0, 0.1) is 0 Å². The molecule has 22 heavy (non-hydrogen) atoms. The van der Waals surface area contributed by atoms with Crippen LogP contribution in [0.5, 0.6) is 0 Å². The highest BCUT2D eigenvalue weighted by atomic mass is 79.9. The quantitative estimate of drug-likeness (QED) is 0.684. The molecule has 0 unspecified atom stereocenters. The van der Waals surface area contributed by atoms with Gasteiger partial charge in [-0.25, -0.2) is 9.59 Å². The van der Waals surface area contributed by atoms with Gasteiger partial charge < -0.3 is 25.5 Å². The molecule has 0 aromatic heterocycles. The van der Waals surface area contributed by atoms with Gasteiger partial charge in [-0.2, -0.15) is 0 Å². The highest BCUT2D eigenvalue weighted by Crippen LogP contribution is 2.14. The molecule has 3 N–H and O–H groups in total. The molecule has 0 fully saturated rings. The molecule has 122 valence electrons. The van der Waals surface area contributed by atoms with Gasteiger partial charge in [0, 0.05) is 36.3 Å². The lowest BCUT2D eigenvalue weighted by Gasteiger charge is -2.24. The molecule has 0 aliphatic rings. The van der Waals surface area contributed by atoms with Crippen LogP contribution in [0.1, 0.15) is 0 Å². The lowest BCUT2D eigenvalue weighted by Crippen LogP contribution is -2.43. The number of amides is 3. The Morgan fingerprint density at radius 3 is 2.32 bits per heavy atom. The standard InChI is InChI=1S/C14H21BrN4O3/c1-18(2)9-10-19(8-7-16-14(21)22)13(20)17-12-5-3-11(15)4-6-12/h3-6,16H,7-10H2,1-2H3,(H,17,20)(H,21,22). The van der Waals surface area contributed by atoms with E-state index in [0.717, 1.165) is 4.47 Å². The molecule has 0 radical (unpaired) electrons. The van der Waals surface area contributed by atoms with E-state index in [2.05, 4.69) is 26.6 Å². The second-order valence-corrected chi connectivity index (χ2v) is 5.87. The molecule has 7 nitrogen and oxygen atoms in total. The van der Waals surface area contributed by atoms with Crippen LogP contribution in [0.25, 0.3) is 0 Å². The number of carbonyl (C=O) groups excluding carboxylic acids is 1.